The molecule has 0 unspecified atom stereocenters. The molecule has 26 heavy (non-hydrogen) atoms. The standard InChI is InChI=1S/C20H25FN2O3/c1-4-8-22(3)18(24)14-10-20(11-14)12-23(13-20)19(25)16-7-6-15(21)9-17(16)26-5-2/h4,6-9,14H,5,10-13H2,1-3H3/b8-4+. The summed E-state index contributed by atoms with van der Waals surface area (Å²) in [4.78, 5) is 28.4. The normalized spacial score (nSPS) is 18.5. The summed E-state index contributed by atoms with van der Waals surface area (Å²) in [6.45, 7) is 5.34. The molecule has 0 radical (unpaired) electrons. The summed E-state index contributed by atoms with van der Waals surface area (Å²) < 4.78 is 18.8. The third-order valence-corrected chi connectivity index (χ3v) is 5.24. The fourth-order valence-corrected chi connectivity index (χ4v) is 4.03. The molecule has 1 aliphatic carbocycles. The molecule has 1 aromatic rings. The zero-order valence-electron chi connectivity index (χ0n) is 15.5. The van der Waals surface area contributed by atoms with Gasteiger partial charge in [0.15, 0.2) is 0 Å². The van der Waals surface area contributed by atoms with Crippen molar-refractivity contribution in [1.29, 1.82) is 0 Å². The van der Waals surface area contributed by atoms with E-state index in [2.05, 4.69) is 0 Å². The lowest BCUT2D eigenvalue weighted by Crippen LogP contribution is -2.65. The third-order valence-electron chi connectivity index (χ3n) is 5.24. The van der Waals surface area contributed by atoms with E-state index in [0.717, 1.165) is 12.8 Å². The summed E-state index contributed by atoms with van der Waals surface area (Å²) in [6, 6.07) is 4.01. The summed E-state index contributed by atoms with van der Waals surface area (Å²) in [7, 11) is 1.77. The molecule has 0 N–H and O–H groups in total. The fourth-order valence-electron chi connectivity index (χ4n) is 4.03. The van der Waals surface area contributed by atoms with Crippen LogP contribution in [0.3, 0.4) is 0 Å². The Morgan fingerprint density at radius 1 is 1.38 bits per heavy atom. The second-order valence-corrected chi connectivity index (χ2v) is 7.27. The van der Waals surface area contributed by atoms with Gasteiger partial charge in [0.25, 0.3) is 5.91 Å². The third kappa shape index (κ3) is 3.32. The Bertz CT molecular complexity index is 733. The zero-order chi connectivity index (χ0) is 18.9. The largest absolute Gasteiger partial charge is 0.493 e. The van der Waals surface area contributed by atoms with Gasteiger partial charge < -0.3 is 14.5 Å². The maximum atomic E-state index is 13.4. The summed E-state index contributed by atoms with van der Waals surface area (Å²) >= 11 is 0. The topological polar surface area (TPSA) is 49.9 Å². The lowest BCUT2D eigenvalue weighted by Gasteiger charge is -2.58. The van der Waals surface area contributed by atoms with Gasteiger partial charge in [0.2, 0.25) is 5.91 Å². The smallest absolute Gasteiger partial charge is 0.257 e. The lowest BCUT2D eigenvalue weighted by atomic mass is 9.57. The number of likely N-dealkylation sites (tertiary alicyclic amines) is 1. The Kier molecular flexibility index (Phi) is 5.03. The first-order valence-electron chi connectivity index (χ1n) is 9.00. The molecule has 1 saturated heterocycles. The number of hydrogen-bond acceptors (Lipinski definition) is 3. The number of rotatable bonds is 5. The molecule has 5 nitrogen and oxygen atoms in total. The van der Waals surface area contributed by atoms with Crippen molar-refractivity contribution in [3.63, 3.8) is 0 Å². The Labute approximate surface area is 153 Å². The van der Waals surface area contributed by atoms with E-state index in [1.807, 2.05) is 13.0 Å². The summed E-state index contributed by atoms with van der Waals surface area (Å²) in [5, 5.41) is 0. The van der Waals surface area contributed by atoms with Gasteiger partial charge in [-0.25, -0.2) is 4.39 Å². The second-order valence-electron chi connectivity index (χ2n) is 7.27. The molecule has 1 aromatic carbocycles. The highest BCUT2D eigenvalue weighted by molar-refractivity contribution is 5.97. The van der Waals surface area contributed by atoms with Crippen molar-refractivity contribution in [3.05, 3.63) is 41.9 Å². The van der Waals surface area contributed by atoms with Crippen LogP contribution in [0.5, 0.6) is 5.75 Å². The van der Waals surface area contributed by atoms with Crippen LogP contribution in [0, 0.1) is 17.2 Å². The highest BCUT2D eigenvalue weighted by Crippen LogP contribution is 2.52. The molecule has 0 bridgehead atoms. The first kappa shape index (κ1) is 18.4. The van der Waals surface area contributed by atoms with Gasteiger partial charge in [-0.05, 0) is 38.8 Å². The van der Waals surface area contributed by atoms with E-state index in [0.29, 0.717) is 25.3 Å². The molecule has 2 fully saturated rings. The Balaban J connectivity index is 1.58. The minimum Gasteiger partial charge on any atom is -0.493 e. The molecule has 6 heteroatoms. The summed E-state index contributed by atoms with van der Waals surface area (Å²) in [6.07, 6.45) is 5.25. The van der Waals surface area contributed by atoms with Crippen LogP contribution in [-0.4, -0.2) is 48.4 Å². The summed E-state index contributed by atoms with van der Waals surface area (Å²) in [5.74, 6) is -0.0995. The number of ether oxygens (including phenoxy) is 1. The van der Waals surface area contributed by atoms with Crippen molar-refractivity contribution in [2.45, 2.75) is 26.7 Å². The van der Waals surface area contributed by atoms with E-state index in [1.165, 1.54) is 18.2 Å². The zero-order valence-corrected chi connectivity index (χ0v) is 15.5. The molecule has 0 aromatic heterocycles. The maximum Gasteiger partial charge on any atom is 0.257 e. The van der Waals surface area contributed by atoms with Crippen molar-refractivity contribution in [2.24, 2.45) is 11.3 Å². The number of hydrogen-bond donors (Lipinski definition) is 0. The number of carbonyl (C=O) groups is 2. The maximum absolute atomic E-state index is 13.4. The monoisotopic (exact) mass is 360 g/mol. The Hall–Kier alpha value is -2.37. The number of carbonyl (C=O) groups excluding carboxylic acids is 2. The first-order chi connectivity index (χ1) is 12.4. The Morgan fingerprint density at radius 2 is 2.08 bits per heavy atom. The number of allylic oxidation sites excluding steroid dienone is 1. The quantitative estimate of drug-likeness (QED) is 0.811. The lowest BCUT2D eigenvalue weighted by molar-refractivity contribution is -0.147. The second kappa shape index (κ2) is 7.09. The van der Waals surface area contributed by atoms with Crippen molar-refractivity contribution in [2.75, 3.05) is 26.7 Å². The van der Waals surface area contributed by atoms with Gasteiger partial charge in [0, 0.05) is 43.7 Å². The van der Waals surface area contributed by atoms with Gasteiger partial charge in [-0.2, -0.15) is 0 Å². The van der Waals surface area contributed by atoms with E-state index in [9.17, 15) is 14.0 Å². The number of benzene rings is 1. The van der Waals surface area contributed by atoms with Crippen molar-refractivity contribution in [1.82, 2.24) is 9.80 Å². The number of amides is 2. The summed E-state index contributed by atoms with van der Waals surface area (Å²) in [5.41, 5.74) is 0.460. The average Bonchev–Trinajstić information content (AvgIpc) is 2.52. The highest BCUT2D eigenvalue weighted by atomic mass is 19.1. The van der Waals surface area contributed by atoms with Gasteiger partial charge in [-0.1, -0.05) is 6.08 Å². The van der Waals surface area contributed by atoms with Crippen LogP contribution < -0.4 is 4.74 Å². The van der Waals surface area contributed by atoms with Gasteiger partial charge >= 0.3 is 0 Å². The predicted octanol–water partition coefficient (Wildman–Crippen LogP) is 3.07. The molecule has 1 aliphatic heterocycles. The highest BCUT2D eigenvalue weighted by Gasteiger charge is 2.56. The molecule has 140 valence electrons. The van der Waals surface area contributed by atoms with Gasteiger partial charge in [0.05, 0.1) is 12.2 Å². The SMILES string of the molecule is C/C=C/N(C)C(=O)C1CC2(C1)CN(C(=O)c1ccc(F)cc1OCC)C2. The average molecular weight is 360 g/mol. The van der Waals surface area contributed by atoms with Crippen LogP contribution in [-0.2, 0) is 4.79 Å². The van der Waals surface area contributed by atoms with Crippen LogP contribution >= 0.6 is 0 Å². The molecule has 1 heterocycles. The van der Waals surface area contributed by atoms with Gasteiger partial charge in [0.1, 0.15) is 11.6 Å². The van der Waals surface area contributed by atoms with Gasteiger partial charge in [-0.15, -0.1) is 0 Å². The van der Waals surface area contributed by atoms with E-state index < -0.39 is 5.82 Å². The van der Waals surface area contributed by atoms with Crippen LogP contribution in [0.15, 0.2) is 30.5 Å². The van der Waals surface area contributed by atoms with Crippen molar-refractivity contribution in [3.8, 4) is 5.75 Å². The molecule has 1 saturated carbocycles. The van der Waals surface area contributed by atoms with E-state index in [1.54, 1.807) is 30.0 Å². The molecular formula is C20H25FN2O3. The molecular weight excluding hydrogens is 335 g/mol. The first-order valence-corrected chi connectivity index (χ1v) is 9.00. The minimum absolute atomic E-state index is 0.0401. The molecule has 2 aliphatic rings. The molecule has 1 spiro atoms. The predicted molar refractivity (Wildman–Crippen MR) is 96.2 cm³/mol. The molecule has 2 amide bonds. The van der Waals surface area contributed by atoms with Crippen LogP contribution in [0.2, 0.25) is 0 Å². The van der Waals surface area contributed by atoms with E-state index >= 15 is 0 Å². The van der Waals surface area contributed by atoms with E-state index in [-0.39, 0.29) is 28.9 Å². The fraction of sp³-hybridized carbons (Fsp3) is 0.500. The minimum atomic E-state index is -0.421. The number of nitrogens with zero attached hydrogens (tertiary/aromatic N) is 2. The number of halogens is 1. The Morgan fingerprint density at radius 3 is 2.69 bits per heavy atom. The van der Waals surface area contributed by atoms with E-state index in [4.69, 9.17) is 4.74 Å². The van der Waals surface area contributed by atoms with Crippen LogP contribution in [0.4, 0.5) is 4.39 Å². The van der Waals surface area contributed by atoms with Crippen molar-refractivity contribution >= 4 is 11.8 Å². The van der Waals surface area contributed by atoms with Crippen LogP contribution in [0.25, 0.3) is 0 Å². The van der Waals surface area contributed by atoms with Gasteiger partial charge in [-0.3, -0.25) is 9.59 Å². The molecule has 0 atom stereocenters. The van der Waals surface area contributed by atoms with Crippen molar-refractivity contribution < 1.29 is 18.7 Å². The van der Waals surface area contributed by atoms with Crippen LogP contribution in [0.1, 0.15) is 37.0 Å². The molecule has 3 rings (SSSR count).